The zero-order valence-corrected chi connectivity index (χ0v) is 12.7. The van der Waals surface area contributed by atoms with Crippen molar-refractivity contribution in [3.8, 4) is 0 Å². The summed E-state index contributed by atoms with van der Waals surface area (Å²) in [6, 6.07) is 0.690. The second kappa shape index (κ2) is 6.19. The van der Waals surface area contributed by atoms with E-state index in [1.807, 2.05) is 0 Å². The molecule has 1 rings (SSSR count). The highest BCUT2D eigenvalue weighted by Gasteiger charge is 2.27. The molecule has 1 fully saturated rings. The van der Waals surface area contributed by atoms with Crippen LogP contribution in [0.5, 0.6) is 0 Å². The lowest BCUT2D eigenvalue weighted by atomic mass is 9.99. The molecule has 2 atom stereocenters. The Morgan fingerprint density at radius 1 is 1.24 bits per heavy atom. The first-order chi connectivity index (χ1) is 7.83. The predicted octanol–water partition coefficient (Wildman–Crippen LogP) is 3.13. The standard InChI is InChI=1S/C15H32N2/c1-7-17(11-14-8-9-14)13(3)12(2)10-16-15(4,5)6/h12-14,16H,7-11H2,1-6H3. The van der Waals surface area contributed by atoms with Crippen LogP contribution in [-0.4, -0.2) is 36.1 Å². The molecule has 0 aromatic rings. The van der Waals surface area contributed by atoms with Crippen LogP contribution < -0.4 is 5.32 Å². The highest BCUT2D eigenvalue weighted by Crippen LogP contribution is 2.30. The van der Waals surface area contributed by atoms with Crippen LogP contribution in [0.1, 0.15) is 54.4 Å². The van der Waals surface area contributed by atoms with Crippen LogP contribution in [-0.2, 0) is 0 Å². The van der Waals surface area contributed by atoms with Gasteiger partial charge in [0.15, 0.2) is 0 Å². The van der Waals surface area contributed by atoms with Gasteiger partial charge in [0.1, 0.15) is 0 Å². The van der Waals surface area contributed by atoms with Crippen molar-refractivity contribution in [2.75, 3.05) is 19.6 Å². The molecule has 0 radical (unpaired) electrons. The topological polar surface area (TPSA) is 15.3 Å². The maximum absolute atomic E-state index is 3.62. The molecule has 0 aromatic carbocycles. The normalized spacial score (nSPS) is 20.6. The number of hydrogen-bond acceptors (Lipinski definition) is 2. The van der Waals surface area contributed by atoms with E-state index in [0.717, 1.165) is 12.5 Å². The van der Waals surface area contributed by atoms with Crippen molar-refractivity contribution in [2.24, 2.45) is 11.8 Å². The van der Waals surface area contributed by atoms with Crippen LogP contribution in [0.4, 0.5) is 0 Å². The Morgan fingerprint density at radius 2 is 1.82 bits per heavy atom. The third kappa shape index (κ3) is 5.87. The first kappa shape index (κ1) is 15.0. The van der Waals surface area contributed by atoms with Crippen LogP contribution >= 0.6 is 0 Å². The number of hydrogen-bond donors (Lipinski definition) is 1. The molecule has 0 bridgehead atoms. The third-order valence-electron chi connectivity index (χ3n) is 3.95. The lowest BCUT2D eigenvalue weighted by Gasteiger charge is -2.34. The quantitative estimate of drug-likeness (QED) is 0.735. The van der Waals surface area contributed by atoms with E-state index in [4.69, 9.17) is 0 Å². The van der Waals surface area contributed by atoms with Crippen LogP contribution in [0.2, 0.25) is 0 Å². The molecule has 2 unspecified atom stereocenters. The fraction of sp³-hybridized carbons (Fsp3) is 1.00. The van der Waals surface area contributed by atoms with Crippen LogP contribution in [0, 0.1) is 11.8 Å². The first-order valence-corrected chi connectivity index (χ1v) is 7.32. The Labute approximate surface area is 108 Å². The maximum Gasteiger partial charge on any atom is 0.0105 e. The summed E-state index contributed by atoms with van der Waals surface area (Å²) in [5, 5.41) is 3.62. The van der Waals surface area contributed by atoms with E-state index in [1.165, 1.54) is 25.9 Å². The molecule has 2 heteroatoms. The smallest absolute Gasteiger partial charge is 0.0105 e. The summed E-state index contributed by atoms with van der Waals surface area (Å²) in [5.41, 5.74) is 0.238. The molecule has 2 nitrogen and oxygen atoms in total. The molecule has 0 spiro atoms. The fourth-order valence-corrected chi connectivity index (χ4v) is 2.21. The van der Waals surface area contributed by atoms with Crippen molar-refractivity contribution in [3.05, 3.63) is 0 Å². The minimum Gasteiger partial charge on any atom is -0.312 e. The van der Waals surface area contributed by atoms with E-state index in [2.05, 4.69) is 51.8 Å². The van der Waals surface area contributed by atoms with E-state index in [0.29, 0.717) is 12.0 Å². The van der Waals surface area contributed by atoms with Crippen LogP contribution in [0.25, 0.3) is 0 Å². The lowest BCUT2D eigenvalue weighted by molar-refractivity contribution is 0.156. The predicted molar refractivity (Wildman–Crippen MR) is 76.4 cm³/mol. The zero-order valence-electron chi connectivity index (χ0n) is 12.7. The Morgan fingerprint density at radius 3 is 2.24 bits per heavy atom. The first-order valence-electron chi connectivity index (χ1n) is 7.32. The summed E-state index contributed by atoms with van der Waals surface area (Å²) >= 11 is 0. The van der Waals surface area contributed by atoms with Crippen molar-refractivity contribution in [1.82, 2.24) is 10.2 Å². The van der Waals surface area contributed by atoms with Crippen molar-refractivity contribution in [1.29, 1.82) is 0 Å². The van der Waals surface area contributed by atoms with Crippen molar-refractivity contribution < 1.29 is 0 Å². The summed E-state index contributed by atoms with van der Waals surface area (Å²) < 4.78 is 0. The number of rotatable bonds is 7. The Balaban J connectivity index is 2.34. The van der Waals surface area contributed by atoms with Gasteiger partial charge in [-0.05, 0) is 65.5 Å². The SMILES string of the molecule is CCN(CC1CC1)C(C)C(C)CNC(C)(C)C. The maximum atomic E-state index is 3.62. The molecule has 0 heterocycles. The zero-order chi connectivity index (χ0) is 13.1. The Kier molecular flexibility index (Phi) is 5.46. The van der Waals surface area contributed by atoms with Crippen molar-refractivity contribution in [2.45, 2.75) is 66.0 Å². The number of nitrogens with zero attached hydrogens (tertiary/aromatic N) is 1. The number of nitrogens with one attached hydrogen (secondary N) is 1. The van der Waals surface area contributed by atoms with Gasteiger partial charge in [0.05, 0.1) is 0 Å². The molecule has 1 N–H and O–H groups in total. The van der Waals surface area contributed by atoms with Gasteiger partial charge < -0.3 is 10.2 Å². The molecular formula is C15H32N2. The summed E-state index contributed by atoms with van der Waals surface area (Å²) in [7, 11) is 0. The molecule has 102 valence electrons. The Hall–Kier alpha value is -0.0800. The molecule has 0 aliphatic heterocycles. The van der Waals surface area contributed by atoms with E-state index in [9.17, 15) is 0 Å². The average Bonchev–Trinajstić information content (AvgIpc) is 3.04. The molecule has 1 saturated carbocycles. The van der Waals surface area contributed by atoms with Gasteiger partial charge >= 0.3 is 0 Å². The summed E-state index contributed by atoms with van der Waals surface area (Å²) in [6.45, 7) is 17.4. The summed E-state index contributed by atoms with van der Waals surface area (Å²) in [4.78, 5) is 2.66. The fourth-order valence-electron chi connectivity index (χ4n) is 2.21. The second-order valence-electron chi connectivity index (χ2n) is 6.88. The van der Waals surface area contributed by atoms with Gasteiger partial charge in [-0.2, -0.15) is 0 Å². The largest absolute Gasteiger partial charge is 0.312 e. The summed E-state index contributed by atoms with van der Waals surface area (Å²) in [5.74, 6) is 1.72. The van der Waals surface area contributed by atoms with Gasteiger partial charge in [-0.25, -0.2) is 0 Å². The molecule has 0 amide bonds. The van der Waals surface area contributed by atoms with Gasteiger partial charge in [-0.3, -0.25) is 0 Å². The van der Waals surface area contributed by atoms with Crippen LogP contribution in [0.15, 0.2) is 0 Å². The van der Waals surface area contributed by atoms with Gasteiger partial charge in [-0.15, -0.1) is 0 Å². The van der Waals surface area contributed by atoms with Crippen molar-refractivity contribution >= 4 is 0 Å². The molecule has 0 saturated heterocycles. The van der Waals surface area contributed by atoms with Gasteiger partial charge in [0, 0.05) is 18.1 Å². The third-order valence-corrected chi connectivity index (χ3v) is 3.95. The van der Waals surface area contributed by atoms with E-state index >= 15 is 0 Å². The average molecular weight is 240 g/mol. The monoisotopic (exact) mass is 240 g/mol. The molecule has 17 heavy (non-hydrogen) atoms. The molecule has 0 aromatic heterocycles. The van der Waals surface area contributed by atoms with E-state index < -0.39 is 0 Å². The molecular weight excluding hydrogens is 208 g/mol. The Bertz CT molecular complexity index is 215. The van der Waals surface area contributed by atoms with E-state index in [-0.39, 0.29) is 5.54 Å². The van der Waals surface area contributed by atoms with Gasteiger partial charge in [0.25, 0.3) is 0 Å². The summed E-state index contributed by atoms with van der Waals surface area (Å²) in [6.07, 6.45) is 2.91. The van der Waals surface area contributed by atoms with E-state index in [1.54, 1.807) is 0 Å². The van der Waals surface area contributed by atoms with Crippen LogP contribution in [0.3, 0.4) is 0 Å². The molecule has 1 aliphatic rings. The highest BCUT2D eigenvalue weighted by molar-refractivity contribution is 4.82. The van der Waals surface area contributed by atoms with Crippen molar-refractivity contribution in [3.63, 3.8) is 0 Å². The van der Waals surface area contributed by atoms with Gasteiger partial charge in [-0.1, -0.05) is 13.8 Å². The van der Waals surface area contributed by atoms with Gasteiger partial charge in [0.2, 0.25) is 0 Å². The molecule has 1 aliphatic carbocycles. The minimum atomic E-state index is 0.238. The second-order valence-corrected chi connectivity index (χ2v) is 6.88. The minimum absolute atomic E-state index is 0.238. The lowest BCUT2D eigenvalue weighted by Crippen LogP contribution is -2.46. The highest BCUT2D eigenvalue weighted by atomic mass is 15.2.